The molecule has 3 saturated heterocycles. The van der Waals surface area contributed by atoms with E-state index in [-0.39, 0.29) is 49.6 Å². The van der Waals surface area contributed by atoms with Gasteiger partial charge in [-0.1, -0.05) is 83.1 Å². The Morgan fingerprint density at radius 1 is 0.435 bits per heavy atom. The molecule has 16 nitrogen and oxygen atoms in total. The minimum atomic E-state index is -1.05. The van der Waals surface area contributed by atoms with Gasteiger partial charge in [-0.3, -0.25) is 38.4 Å². The summed E-state index contributed by atoms with van der Waals surface area (Å²) in [5.74, 6) is -4.75. The monoisotopic (exact) mass is 873 g/mol. The van der Waals surface area contributed by atoms with Gasteiger partial charge in [-0.2, -0.15) is 0 Å². The topological polar surface area (TPSA) is 198 Å². The molecule has 0 aliphatic carbocycles. The van der Waals surface area contributed by atoms with E-state index in [4.69, 9.17) is 0 Å². The van der Waals surface area contributed by atoms with Crippen LogP contribution >= 0.6 is 0 Å². The molecule has 3 fully saturated rings. The Kier molecular flexibility index (Phi) is 19.3. The third kappa shape index (κ3) is 13.4. The van der Waals surface area contributed by atoms with Crippen LogP contribution in [0.2, 0.25) is 0 Å². The Morgan fingerprint density at radius 3 is 1.02 bits per heavy atom. The Labute approximate surface area is 371 Å². The molecule has 3 rings (SSSR count). The summed E-state index contributed by atoms with van der Waals surface area (Å²) in [5.41, 5.74) is 0. The second-order valence-corrected chi connectivity index (χ2v) is 20.4. The predicted molar refractivity (Wildman–Crippen MR) is 238 cm³/mol. The van der Waals surface area contributed by atoms with E-state index in [1.54, 1.807) is 41.8 Å². The van der Waals surface area contributed by atoms with Crippen LogP contribution in [0.25, 0.3) is 0 Å². The van der Waals surface area contributed by atoms with E-state index in [1.807, 2.05) is 55.4 Å². The molecular weight excluding hydrogens is 793 g/mol. The van der Waals surface area contributed by atoms with Crippen molar-refractivity contribution in [2.75, 3.05) is 27.2 Å². The minimum Gasteiger partial charge on any atom is -0.343 e. The van der Waals surface area contributed by atoms with E-state index < -0.39 is 107 Å². The van der Waals surface area contributed by atoms with E-state index in [9.17, 15) is 38.4 Å². The molecule has 8 atom stereocenters. The number of fused-ring (bicyclic) bond motifs is 2. The normalized spacial score (nSPS) is 28.6. The molecule has 0 bridgehead atoms. The molecule has 3 aliphatic heterocycles. The van der Waals surface area contributed by atoms with Crippen LogP contribution in [-0.2, 0) is 38.4 Å². The van der Waals surface area contributed by atoms with Crippen molar-refractivity contribution in [3.63, 3.8) is 0 Å². The maximum atomic E-state index is 14.6. The molecule has 62 heavy (non-hydrogen) atoms. The number of carbonyl (C=O) groups excluding carboxylic acids is 8. The maximum Gasteiger partial charge on any atom is 0.246 e. The van der Waals surface area contributed by atoms with Crippen molar-refractivity contribution >= 4 is 47.3 Å². The molecular formula is C46H80N8O8. The van der Waals surface area contributed by atoms with Gasteiger partial charge in [0.15, 0.2) is 0 Å². The molecule has 0 unspecified atom stereocenters. The molecule has 3 heterocycles. The van der Waals surface area contributed by atoms with Gasteiger partial charge < -0.3 is 40.9 Å². The number of amides is 8. The number of nitrogens with one attached hydrogen (secondary N) is 4. The van der Waals surface area contributed by atoms with Crippen molar-refractivity contribution in [1.82, 2.24) is 40.9 Å². The lowest BCUT2D eigenvalue weighted by molar-refractivity contribution is -0.151. The van der Waals surface area contributed by atoms with Gasteiger partial charge in [0, 0.05) is 27.2 Å². The largest absolute Gasteiger partial charge is 0.343 e. The van der Waals surface area contributed by atoms with Crippen molar-refractivity contribution in [3.05, 3.63) is 0 Å². The highest BCUT2D eigenvalue weighted by Crippen LogP contribution is 2.26. The van der Waals surface area contributed by atoms with Gasteiger partial charge in [-0.05, 0) is 86.9 Å². The number of rotatable bonds is 10. The van der Waals surface area contributed by atoms with Gasteiger partial charge >= 0.3 is 0 Å². The zero-order valence-corrected chi connectivity index (χ0v) is 40.2. The first-order valence-corrected chi connectivity index (χ1v) is 23.2. The van der Waals surface area contributed by atoms with Gasteiger partial charge in [0.05, 0.1) is 0 Å². The summed E-state index contributed by atoms with van der Waals surface area (Å²) in [4.78, 5) is 121. The summed E-state index contributed by atoms with van der Waals surface area (Å²) in [5, 5.41) is 11.7. The Hall–Kier alpha value is -4.24. The molecule has 0 spiro atoms. The number of likely N-dealkylation sites (N-methyl/N-ethyl adjacent to an activating group) is 2. The summed E-state index contributed by atoms with van der Waals surface area (Å²) in [6, 6.07) is -7.89. The summed E-state index contributed by atoms with van der Waals surface area (Å²) in [6.07, 6.45) is 2.89. The van der Waals surface area contributed by atoms with E-state index in [1.165, 1.54) is 19.6 Å². The van der Waals surface area contributed by atoms with Crippen molar-refractivity contribution < 1.29 is 38.4 Å². The molecule has 352 valence electrons. The first-order chi connectivity index (χ1) is 28.9. The fraction of sp³-hybridized carbons (Fsp3) is 0.826. The average molecular weight is 873 g/mol. The zero-order chi connectivity index (χ0) is 46.9. The number of hydrogen-bond acceptors (Lipinski definition) is 8. The first-order valence-electron chi connectivity index (χ1n) is 23.2. The van der Waals surface area contributed by atoms with Crippen LogP contribution in [0.4, 0.5) is 0 Å². The SMILES string of the molecule is CC(C)C[C@@H]1NC(=O)[C@H]2CCCN2C(=O)[C@H](CC(C)C)N(C)C(=O)[C@@H](C(C)C)NC(=O)[C@H](CC(C)C)NC(=O)[C@H]2CCCN2C(=O)[C@H](CC(C)C)N(C)C(=O)[C@@H](C(C)C)NC1=O. The second kappa shape index (κ2) is 22.9. The lowest BCUT2D eigenvalue weighted by Crippen LogP contribution is -2.62. The van der Waals surface area contributed by atoms with Gasteiger partial charge in [0.25, 0.3) is 0 Å². The van der Waals surface area contributed by atoms with Crippen molar-refractivity contribution in [2.45, 2.75) is 183 Å². The van der Waals surface area contributed by atoms with E-state index in [2.05, 4.69) is 21.3 Å². The third-order valence-corrected chi connectivity index (χ3v) is 12.4. The predicted octanol–water partition coefficient (Wildman–Crippen LogP) is 3.07. The van der Waals surface area contributed by atoms with Crippen molar-refractivity contribution in [1.29, 1.82) is 0 Å². The standard InChI is InChI=1S/C46H80N8O8/c1-25(2)21-31-39(55)49-37(29(9)10)45(61)51(13)36(24-28(7)8)44(60)54-20-16-18-34(54)42(58)48-32(22-26(3)4)40(56)50-38(30(11)12)46(62)52(14)35(23-27(5)6)43(59)53-19-15-17-33(53)41(57)47-31/h25-38H,15-24H2,1-14H3,(H,47,57)(H,48,58)(H,49,55)(H,50,56)/t31-,32-,33+,34+,35-,36-,37+,38+/m0/s1. The molecule has 0 aromatic rings. The van der Waals surface area contributed by atoms with Crippen LogP contribution in [-0.4, -0.2) is 142 Å². The maximum absolute atomic E-state index is 14.6. The fourth-order valence-corrected chi connectivity index (χ4v) is 8.95. The molecule has 16 heteroatoms. The number of carbonyl (C=O) groups is 8. The average Bonchev–Trinajstić information content (AvgIpc) is 3.88. The summed E-state index contributed by atoms with van der Waals surface area (Å²) < 4.78 is 0. The second-order valence-electron chi connectivity index (χ2n) is 20.4. The molecule has 4 N–H and O–H groups in total. The van der Waals surface area contributed by atoms with Crippen LogP contribution < -0.4 is 21.3 Å². The highest BCUT2D eigenvalue weighted by atomic mass is 16.2. The molecule has 0 aromatic carbocycles. The fourth-order valence-electron chi connectivity index (χ4n) is 8.95. The van der Waals surface area contributed by atoms with Crippen molar-refractivity contribution in [3.8, 4) is 0 Å². The first kappa shape index (κ1) is 52.1. The number of hydrogen-bond donors (Lipinski definition) is 4. The van der Waals surface area contributed by atoms with Crippen LogP contribution in [0.5, 0.6) is 0 Å². The van der Waals surface area contributed by atoms with Gasteiger partial charge in [-0.25, -0.2) is 0 Å². The highest BCUT2D eigenvalue weighted by Gasteiger charge is 2.45. The van der Waals surface area contributed by atoms with Crippen molar-refractivity contribution in [2.24, 2.45) is 35.5 Å². The summed E-state index contributed by atoms with van der Waals surface area (Å²) in [6.45, 7) is 23.2. The quantitative estimate of drug-likeness (QED) is 0.257. The van der Waals surface area contributed by atoms with E-state index in [0.29, 0.717) is 38.5 Å². The Bertz CT molecular complexity index is 1500. The van der Waals surface area contributed by atoms with Gasteiger partial charge in [0.1, 0.15) is 48.3 Å². The Balaban J connectivity index is 2.20. The molecule has 3 aliphatic rings. The summed E-state index contributed by atoms with van der Waals surface area (Å²) >= 11 is 0. The molecule has 0 saturated carbocycles. The number of nitrogens with zero attached hydrogens (tertiary/aromatic N) is 4. The smallest absolute Gasteiger partial charge is 0.246 e. The van der Waals surface area contributed by atoms with E-state index >= 15 is 0 Å². The van der Waals surface area contributed by atoms with Crippen LogP contribution in [0, 0.1) is 35.5 Å². The van der Waals surface area contributed by atoms with Gasteiger partial charge in [0.2, 0.25) is 47.3 Å². The highest BCUT2D eigenvalue weighted by molar-refractivity contribution is 5.99. The minimum absolute atomic E-state index is 0.0175. The third-order valence-electron chi connectivity index (χ3n) is 12.4. The Morgan fingerprint density at radius 2 is 0.742 bits per heavy atom. The van der Waals surface area contributed by atoms with Crippen LogP contribution in [0.15, 0.2) is 0 Å². The molecule has 0 aromatic heterocycles. The summed E-state index contributed by atoms with van der Waals surface area (Å²) in [7, 11) is 3.09. The lowest BCUT2D eigenvalue weighted by Gasteiger charge is -2.38. The van der Waals surface area contributed by atoms with Crippen LogP contribution in [0.3, 0.4) is 0 Å². The van der Waals surface area contributed by atoms with Crippen LogP contribution in [0.1, 0.15) is 134 Å². The zero-order valence-electron chi connectivity index (χ0n) is 40.2. The molecule has 0 radical (unpaired) electrons. The van der Waals surface area contributed by atoms with E-state index in [0.717, 1.165) is 0 Å². The van der Waals surface area contributed by atoms with Gasteiger partial charge in [-0.15, -0.1) is 0 Å². The molecule has 8 amide bonds. The lowest BCUT2D eigenvalue weighted by atomic mass is 9.96.